The third-order valence-electron chi connectivity index (χ3n) is 2.54. The highest BCUT2D eigenvalue weighted by molar-refractivity contribution is 5.32. The van der Waals surface area contributed by atoms with E-state index in [1.165, 1.54) is 0 Å². The lowest BCUT2D eigenvalue weighted by atomic mass is 9.99. The number of nitrogens with two attached hydrogens (primary N) is 1. The molecule has 0 radical (unpaired) electrons. The van der Waals surface area contributed by atoms with Crippen LogP contribution in [0.2, 0.25) is 0 Å². The lowest BCUT2D eigenvalue weighted by Crippen LogP contribution is -2.13. The van der Waals surface area contributed by atoms with Crippen molar-refractivity contribution in [1.29, 1.82) is 0 Å². The molecule has 15 heavy (non-hydrogen) atoms. The molecule has 1 aromatic heterocycles. The second-order valence-corrected chi connectivity index (χ2v) is 3.57. The number of rotatable bonds is 2. The molecule has 1 atom stereocenters. The Morgan fingerprint density at radius 1 is 1.07 bits per heavy atom. The predicted molar refractivity (Wildman–Crippen MR) is 61.4 cm³/mol. The second-order valence-electron chi connectivity index (χ2n) is 3.57. The fourth-order valence-electron chi connectivity index (χ4n) is 1.67. The number of hydrogen-bond donors (Lipinski definition) is 1. The van der Waals surface area contributed by atoms with E-state index < -0.39 is 0 Å². The van der Waals surface area contributed by atoms with Crippen LogP contribution in [0, 0.1) is 6.92 Å². The minimum Gasteiger partial charge on any atom is -0.320 e. The van der Waals surface area contributed by atoms with Gasteiger partial charge >= 0.3 is 0 Å². The first kappa shape index (κ1) is 9.87. The molecule has 0 aliphatic heterocycles. The first-order valence-electron chi connectivity index (χ1n) is 5.01. The normalized spacial score (nSPS) is 12.4. The summed E-state index contributed by atoms with van der Waals surface area (Å²) in [6.07, 6.45) is 1.79. The minimum absolute atomic E-state index is 0.0834. The summed E-state index contributed by atoms with van der Waals surface area (Å²) in [5.41, 5.74) is 9.38. The summed E-state index contributed by atoms with van der Waals surface area (Å²) in [6.45, 7) is 1.98. The molecule has 0 saturated heterocycles. The summed E-state index contributed by atoms with van der Waals surface area (Å²) in [5.74, 6) is 0. The maximum absolute atomic E-state index is 6.18. The van der Waals surface area contributed by atoms with Crippen molar-refractivity contribution >= 4 is 0 Å². The lowest BCUT2D eigenvalue weighted by Gasteiger charge is -2.13. The zero-order chi connectivity index (χ0) is 10.7. The molecule has 2 nitrogen and oxygen atoms in total. The average molecular weight is 198 g/mol. The molecule has 2 rings (SSSR count). The topological polar surface area (TPSA) is 38.9 Å². The van der Waals surface area contributed by atoms with Crippen molar-refractivity contribution in [2.24, 2.45) is 5.73 Å². The summed E-state index contributed by atoms with van der Waals surface area (Å²) in [5, 5.41) is 0. The van der Waals surface area contributed by atoms with E-state index in [-0.39, 0.29) is 6.04 Å². The van der Waals surface area contributed by atoms with E-state index in [9.17, 15) is 0 Å². The van der Waals surface area contributed by atoms with Gasteiger partial charge in [-0.3, -0.25) is 4.98 Å². The number of nitrogens with zero attached hydrogens (tertiary/aromatic N) is 1. The van der Waals surface area contributed by atoms with Gasteiger partial charge in [-0.25, -0.2) is 0 Å². The molecule has 0 aliphatic carbocycles. The molecule has 0 aliphatic rings. The van der Waals surface area contributed by atoms with Crippen LogP contribution in [-0.2, 0) is 0 Å². The van der Waals surface area contributed by atoms with Gasteiger partial charge in [0.05, 0.1) is 6.04 Å². The van der Waals surface area contributed by atoms with Gasteiger partial charge in [-0.1, -0.05) is 36.4 Å². The standard InChI is InChI=1S/C13H14N2/c1-10-12(8-5-9-15-10)13(14)11-6-3-2-4-7-11/h2-9,13H,14H2,1H3. The molecule has 0 fully saturated rings. The fourth-order valence-corrected chi connectivity index (χ4v) is 1.67. The highest BCUT2D eigenvalue weighted by atomic mass is 14.7. The van der Waals surface area contributed by atoms with Gasteiger partial charge < -0.3 is 5.73 Å². The van der Waals surface area contributed by atoms with Crippen LogP contribution in [0.15, 0.2) is 48.7 Å². The third-order valence-corrected chi connectivity index (χ3v) is 2.54. The predicted octanol–water partition coefficient (Wildman–Crippen LogP) is 2.44. The Labute approximate surface area is 89.8 Å². The van der Waals surface area contributed by atoms with Crippen LogP contribution < -0.4 is 5.73 Å². The Bertz CT molecular complexity index is 437. The molecule has 0 saturated carbocycles. The van der Waals surface area contributed by atoms with Crippen molar-refractivity contribution in [3.8, 4) is 0 Å². The Hall–Kier alpha value is -1.67. The molecular weight excluding hydrogens is 184 g/mol. The molecule has 2 aromatic rings. The van der Waals surface area contributed by atoms with Crippen molar-refractivity contribution < 1.29 is 0 Å². The summed E-state index contributed by atoms with van der Waals surface area (Å²) in [6, 6.07) is 13.9. The first-order chi connectivity index (χ1) is 7.29. The largest absolute Gasteiger partial charge is 0.320 e. The molecule has 0 bridgehead atoms. The van der Waals surface area contributed by atoms with E-state index >= 15 is 0 Å². The Morgan fingerprint density at radius 2 is 1.80 bits per heavy atom. The van der Waals surface area contributed by atoms with Crippen molar-refractivity contribution in [3.63, 3.8) is 0 Å². The van der Waals surface area contributed by atoms with E-state index in [1.807, 2.05) is 49.4 Å². The molecular formula is C13H14N2. The smallest absolute Gasteiger partial charge is 0.0569 e. The van der Waals surface area contributed by atoms with Crippen LogP contribution in [-0.4, -0.2) is 4.98 Å². The van der Waals surface area contributed by atoms with Crippen molar-refractivity contribution in [1.82, 2.24) is 4.98 Å². The maximum atomic E-state index is 6.18. The molecule has 2 N–H and O–H groups in total. The third kappa shape index (κ3) is 2.05. The lowest BCUT2D eigenvalue weighted by molar-refractivity contribution is 0.848. The van der Waals surface area contributed by atoms with Crippen LogP contribution in [0.25, 0.3) is 0 Å². The van der Waals surface area contributed by atoms with Crippen molar-refractivity contribution in [2.75, 3.05) is 0 Å². The van der Waals surface area contributed by atoms with Gasteiger partial charge in [0.25, 0.3) is 0 Å². The van der Waals surface area contributed by atoms with Crippen LogP contribution >= 0.6 is 0 Å². The van der Waals surface area contributed by atoms with Gasteiger partial charge in [-0.15, -0.1) is 0 Å². The number of pyridine rings is 1. The summed E-state index contributed by atoms with van der Waals surface area (Å²) in [7, 11) is 0. The van der Waals surface area contributed by atoms with E-state index in [1.54, 1.807) is 6.20 Å². The number of benzene rings is 1. The van der Waals surface area contributed by atoms with Crippen LogP contribution in [0.1, 0.15) is 22.9 Å². The zero-order valence-corrected chi connectivity index (χ0v) is 8.72. The summed E-state index contributed by atoms with van der Waals surface area (Å²) >= 11 is 0. The quantitative estimate of drug-likeness (QED) is 0.805. The zero-order valence-electron chi connectivity index (χ0n) is 8.72. The second kappa shape index (κ2) is 4.24. The minimum atomic E-state index is -0.0834. The van der Waals surface area contributed by atoms with Gasteiger partial charge in [0, 0.05) is 11.9 Å². The van der Waals surface area contributed by atoms with Gasteiger partial charge in [-0.05, 0) is 24.1 Å². The number of hydrogen-bond acceptors (Lipinski definition) is 2. The SMILES string of the molecule is Cc1ncccc1C(N)c1ccccc1. The molecule has 1 aromatic carbocycles. The molecule has 0 amide bonds. The summed E-state index contributed by atoms with van der Waals surface area (Å²) in [4.78, 5) is 4.25. The molecule has 76 valence electrons. The Morgan fingerprint density at radius 3 is 2.47 bits per heavy atom. The van der Waals surface area contributed by atoms with Crippen LogP contribution in [0.4, 0.5) is 0 Å². The molecule has 0 spiro atoms. The van der Waals surface area contributed by atoms with Crippen LogP contribution in [0.5, 0.6) is 0 Å². The monoisotopic (exact) mass is 198 g/mol. The highest BCUT2D eigenvalue weighted by Gasteiger charge is 2.10. The van der Waals surface area contributed by atoms with Crippen molar-refractivity contribution in [2.45, 2.75) is 13.0 Å². The van der Waals surface area contributed by atoms with E-state index in [0.29, 0.717) is 0 Å². The van der Waals surface area contributed by atoms with E-state index in [4.69, 9.17) is 5.73 Å². The summed E-state index contributed by atoms with van der Waals surface area (Å²) < 4.78 is 0. The van der Waals surface area contributed by atoms with Gasteiger partial charge in [-0.2, -0.15) is 0 Å². The molecule has 1 heterocycles. The fraction of sp³-hybridized carbons (Fsp3) is 0.154. The number of aryl methyl sites for hydroxylation is 1. The van der Waals surface area contributed by atoms with Gasteiger partial charge in [0.15, 0.2) is 0 Å². The average Bonchev–Trinajstić information content (AvgIpc) is 2.30. The van der Waals surface area contributed by atoms with Crippen LogP contribution in [0.3, 0.4) is 0 Å². The number of aromatic nitrogens is 1. The Kier molecular flexibility index (Phi) is 2.79. The maximum Gasteiger partial charge on any atom is 0.0569 e. The van der Waals surface area contributed by atoms with Gasteiger partial charge in [0.1, 0.15) is 0 Å². The highest BCUT2D eigenvalue weighted by Crippen LogP contribution is 2.20. The Balaban J connectivity index is 2.37. The van der Waals surface area contributed by atoms with E-state index in [2.05, 4.69) is 4.98 Å². The van der Waals surface area contributed by atoms with E-state index in [0.717, 1.165) is 16.8 Å². The van der Waals surface area contributed by atoms with Gasteiger partial charge in [0.2, 0.25) is 0 Å². The van der Waals surface area contributed by atoms with Crippen molar-refractivity contribution in [3.05, 3.63) is 65.5 Å². The first-order valence-corrected chi connectivity index (χ1v) is 5.01. The molecule has 1 unspecified atom stereocenters. The molecule has 2 heteroatoms.